The number of piperidine rings is 1. The van der Waals surface area contributed by atoms with Crippen molar-refractivity contribution in [1.29, 1.82) is 0 Å². The number of nitrogens with zero attached hydrogens (tertiary/aromatic N) is 4. The number of hydrogen-bond acceptors (Lipinski definition) is 4. The average Bonchev–Trinajstić information content (AvgIpc) is 2.82. The van der Waals surface area contributed by atoms with Crippen molar-refractivity contribution in [3.8, 4) is 0 Å². The van der Waals surface area contributed by atoms with E-state index in [2.05, 4.69) is 37.8 Å². The SMILES string of the molecule is CC1CCN(c2nc3ccc(Br)cn3n2)CC1CN. The van der Waals surface area contributed by atoms with Crippen LogP contribution in [0.4, 0.5) is 5.95 Å². The van der Waals surface area contributed by atoms with Crippen molar-refractivity contribution in [2.45, 2.75) is 13.3 Å². The summed E-state index contributed by atoms with van der Waals surface area (Å²) in [7, 11) is 0. The molecule has 1 fully saturated rings. The molecule has 2 atom stereocenters. The predicted molar refractivity (Wildman–Crippen MR) is 79.2 cm³/mol. The Hall–Kier alpha value is -1.14. The molecule has 0 amide bonds. The topological polar surface area (TPSA) is 59.5 Å². The Balaban J connectivity index is 1.87. The van der Waals surface area contributed by atoms with Crippen LogP contribution in [0.15, 0.2) is 22.8 Å². The largest absolute Gasteiger partial charge is 0.339 e. The second kappa shape index (κ2) is 5.09. The zero-order valence-corrected chi connectivity index (χ0v) is 12.5. The number of anilines is 1. The molecule has 0 aliphatic carbocycles. The van der Waals surface area contributed by atoms with E-state index in [1.54, 1.807) is 0 Å². The number of nitrogens with two attached hydrogens (primary N) is 1. The van der Waals surface area contributed by atoms with E-state index in [1.807, 2.05) is 22.8 Å². The Bertz CT molecular complexity index is 581. The van der Waals surface area contributed by atoms with Gasteiger partial charge in [0.15, 0.2) is 5.65 Å². The minimum atomic E-state index is 0.534. The molecule has 3 heterocycles. The van der Waals surface area contributed by atoms with E-state index in [0.29, 0.717) is 11.8 Å². The fourth-order valence-electron chi connectivity index (χ4n) is 2.62. The Morgan fingerprint density at radius 2 is 2.32 bits per heavy atom. The minimum absolute atomic E-state index is 0.534. The molecule has 102 valence electrons. The second-order valence-corrected chi connectivity index (χ2v) is 6.19. The number of rotatable bonds is 2. The van der Waals surface area contributed by atoms with Gasteiger partial charge in [0.25, 0.3) is 0 Å². The maximum atomic E-state index is 5.85. The van der Waals surface area contributed by atoms with Gasteiger partial charge in [-0.05, 0) is 52.9 Å². The lowest BCUT2D eigenvalue weighted by Crippen LogP contribution is -2.43. The van der Waals surface area contributed by atoms with Crippen LogP contribution >= 0.6 is 15.9 Å². The fraction of sp³-hybridized carbons (Fsp3) is 0.538. The standard InChI is InChI=1S/C13H18BrN5/c1-9-4-5-18(7-10(9)6-15)13-16-12-3-2-11(14)8-19(12)17-13/h2-3,8-10H,4-7,15H2,1H3. The van der Waals surface area contributed by atoms with Crippen molar-refractivity contribution in [2.75, 3.05) is 24.5 Å². The van der Waals surface area contributed by atoms with Crippen molar-refractivity contribution in [1.82, 2.24) is 14.6 Å². The molecule has 0 radical (unpaired) electrons. The highest BCUT2D eigenvalue weighted by atomic mass is 79.9. The Morgan fingerprint density at radius 3 is 3.11 bits per heavy atom. The number of hydrogen-bond donors (Lipinski definition) is 1. The van der Waals surface area contributed by atoms with Gasteiger partial charge in [0.2, 0.25) is 5.95 Å². The molecule has 1 aliphatic heterocycles. The number of aromatic nitrogens is 3. The third-order valence-electron chi connectivity index (χ3n) is 3.98. The van der Waals surface area contributed by atoms with Gasteiger partial charge in [-0.15, -0.1) is 5.10 Å². The summed E-state index contributed by atoms with van der Waals surface area (Å²) in [5, 5.41) is 4.55. The van der Waals surface area contributed by atoms with Gasteiger partial charge in [0, 0.05) is 23.8 Å². The van der Waals surface area contributed by atoms with Gasteiger partial charge < -0.3 is 10.6 Å². The van der Waals surface area contributed by atoms with E-state index in [0.717, 1.165) is 42.1 Å². The van der Waals surface area contributed by atoms with Gasteiger partial charge >= 0.3 is 0 Å². The summed E-state index contributed by atoms with van der Waals surface area (Å²) in [6.07, 6.45) is 3.08. The van der Waals surface area contributed by atoms with Gasteiger partial charge in [0.1, 0.15) is 0 Å². The molecular weight excluding hydrogens is 306 g/mol. The summed E-state index contributed by atoms with van der Waals surface area (Å²) in [5.74, 6) is 2.03. The van der Waals surface area contributed by atoms with Crippen LogP contribution in [0, 0.1) is 11.8 Å². The van der Waals surface area contributed by atoms with Gasteiger partial charge in [-0.1, -0.05) is 6.92 Å². The normalized spacial score (nSPS) is 24.1. The van der Waals surface area contributed by atoms with Crippen LogP contribution in [-0.2, 0) is 0 Å². The first kappa shape index (κ1) is 12.9. The molecular formula is C13H18BrN5. The first-order valence-corrected chi connectivity index (χ1v) is 7.43. The van der Waals surface area contributed by atoms with E-state index >= 15 is 0 Å². The van der Waals surface area contributed by atoms with E-state index in [1.165, 1.54) is 0 Å². The highest BCUT2D eigenvalue weighted by molar-refractivity contribution is 9.10. The van der Waals surface area contributed by atoms with Crippen LogP contribution in [0.5, 0.6) is 0 Å². The molecule has 0 saturated carbocycles. The first-order chi connectivity index (χ1) is 9.17. The molecule has 0 bridgehead atoms. The second-order valence-electron chi connectivity index (χ2n) is 5.27. The number of pyridine rings is 1. The van der Waals surface area contributed by atoms with Crippen molar-refractivity contribution in [3.05, 3.63) is 22.8 Å². The molecule has 2 aromatic rings. The highest BCUT2D eigenvalue weighted by Crippen LogP contribution is 2.25. The van der Waals surface area contributed by atoms with E-state index < -0.39 is 0 Å². The van der Waals surface area contributed by atoms with Crippen LogP contribution < -0.4 is 10.6 Å². The van der Waals surface area contributed by atoms with Gasteiger partial charge in [-0.3, -0.25) is 0 Å². The molecule has 1 aliphatic rings. The minimum Gasteiger partial charge on any atom is -0.339 e. The summed E-state index contributed by atoms with van der Waals surface area (Å²) in [4.78, 5) is 6.84. The van der Waals surface area contributed by atoms with Crippen LogP contribution in [0.25, 0.3) is 5.65 Å². The summed E-state index contributed by atoms with van der Waals surface area (Å²) < 4.78 is 2.82. The molecule has 2 N–H and O–H groups in total. The van der Waals surface area contributed by atoms with Crippen molar-refractivity contribution < 1.29 is 0 Å². The molecule has 5 nitrogen and oxygen atoms in total. The third kappa shape index (κ3) is 2.47. The maximum Gasteiger partial charge on any atom is 0.245 e. The summed E-state index contributed by atoms with van der Waals surface area (Å²) in [6.45, 7) is 4.98. The maximum absolute atomic E-state index is 5.85. The number of fused-ring (bicyclic) bond motifs is 1. The molecule has 19 heavy (non-hydrogen) atoms. The van der Waals surface area contributed by atoms with Crippen LogP contribution in [0.2, 0.25) is 0 Å². The van der Waals surface area contributed by atoms with Crippen molar-refractivity contribution in [2.24, 2.45) is 17.6 Å². The van der Waals surface area contributed by atoms with Crippen LogP contribution in [0.3, 0.4) is 0 Å². The zero-order valence-electron chi connectivity index (χ0n) is 11.0. The molecule has 2 aromatic heterocycles. The molecule has 6 heteroatoms. The first-order valence-electron chi connectivity index (χ1n) is 6.64. The lowest BCUT2D eigenvalue weighted by Gasteiger charge is -2.35. The van der Waals surface area contributed by atoms with Gasteiger partial charge in [0.05, 0.1) is 0 Å². The number of halogens is 1. The molecule has 0 spiro atoms. The smallest absolute Gasteiger partial charge is 0.245 e. The monoisotopic (exact) mass is 323 g/mol. The highest BCUT2D eigenvalue weighted by Gasteiger charge is 2.27. The molecule has 1 saturated heterocycles. The van der Waals surface area contributed by atoms with Crippen LogP contribution in [0.1, 0.15) is 13.3 Å². The molecule has 2 unspecified atom stereocenters. The molecule has 0 aromatic carbocycles. The van der Waals surface area contributed by atoms with E-state index in [4.69, 9.17) is 5.73 Å². The van der Waals surface area contributed by atoms with E-state index in [9.17, 15) is 0 Å². The van der Waals surface area contributed by atoms with Crippen LogP contribution in [-0.4, -0.2) is 34.2 Å². The van der Waals surface area contributed by atoms with Gasteiger partial charge in [-0.25, -0.2) is 4.52 Å². The van der Waals surface area contributed by atoms with Crippen molar-refractivity contribution in [3.63, 3.8) is 0 Å². The zero-order chi connectivity index (χ0) is 13.4. The molecule has 3 rings (SSSR count). The summed E-state index contributed by atoms with van der Waals surface area (Å²) in [5.41, 5.74) is 6.73. The lowest BCUT2D eigenvalue weighted by molar-refractivity contribution is 0.306. The van der Waals surface area contributed by atoms with Crippen molar-refractivity contribution >= 4 is 27.5 Å². The predicted octanol–water partition coefficient (Wildman–Crippen LogP) is 1.91. The Morgan fingerprint density at radius 1 is 1.47 bits per heavy atom. The van der Waals surface area contributed by atoms with Gasteiger partial charge in [-0.2, -0.15) is 4.98 Å². The Labute approximate surface area is 120 Å². The summed E-state index contributed by atoms with van der Waals surface area (Å²) >= 11 is 3.45. The third-order valence-corrected chi connectivity index (χ3v) is 4.45. The van der Waals surface area contributed by atoms with E-state index in [-0.39, 0.29) is 0 Å². The lowest BCUT2D eigenvalue weighted by atomic mass is 9.87. The average molecular weight is 324 g/mol. The quantitative estimate of drug-likeness (QED) is 0.917. The Kier molecular flexibility index (Phi) is 3.45. The summed E-state index contributed by atoms with van der Waals surface area (Å²) in [6, 6.07) is 3.95. The fourth-order valence-corrected chi connectivity index (χ4v) is 2.94.